The Morgan fingerprint density at radius 2 is 1.76 bits per heavy atom. The zero-order valence-corrected chi connectivity index (χ0v) is 25.5. The molecule has 0 saturated heterocycles. The molecule has 3 N–H and O–H groups in total. The molecule has 0 amide bonds. The third kappa shape index (κ3) is 5.90. The van der Waals surface area contributed by atoms with Gasteiger partial charge in [-0.2, -0.15) is 4.76 Å². The minimum absolute atomic E-state index is 0.0120. The molecule has 10 nitrogen and oxygen atoms in total. The molecule has 2 aromatic rings. The fraction of sp³-hybridized carbons (Fsp3) is 0.577. The highest BCUT2D eigenvalue weighted by Crippen LogP contribution is 2.54. The molecule has 0 spiro atoms. The van der Waals surface area contributed by atoms with Gasteiger partial charge < -0.3 is 24.6 Å². The van der Waals surface area contributed by atoms with Crippen LogP contribution in [0.1, 0.15) is 73.1 Å². The van der Waals surface area contributed by atoms with E-state index in [9.17, 15) is 23.2 Å². The van der Waals surface area contributed by atoms with Gasteiger partial charge in [0, 0.05) is 18.5 Å². The maximum atomic E-state index is 14.1. The molecule has 1 aliphatic rings. The Hall–Kier alpha value is -2.49. The monoisotopic (exact) mass is 568 g/mol. The standard InChI is InChI=1S/C26H41N4O6PS/c1-10-30(38(9,34)35)17-12-13-18-19(16-17)37(33,36-11-2)28-23(27-18)20-21(31)22(26(6,7)8)29(24(20)32)15-14-25(3,4)5/h12-13,16,31-32H,10-11,14-15H2,1-9H3,(H,27,28,33). The summed E-state index contributed by atoms with van der Waals surface area (Å²) < 4.78 is 51.7. The Morgan fingerprint density at radius 1 is 1.13 bits per heavy atom. The number of nitrogens with zero attached hydrogens (tertiary/aromatic N) is 3. The average Bonchev–Trinajstić information content (AvgIpc) is 3.01. The van der Waals surface area contributed by atoms with E-state index < -0.39 is 23.0 Å². The molecule has 0 fully saturated rings. The summed E-state index contributed by atoms with van der Waals surface area (Å²) in [4.78, 5) is 0. The number of amidine groups is 1. The van der Waals surface area contributed by atoms with Crippen molar-refractivity contribution >= 4 is 40.1 Å². The summed E-state index contributed by atoms with van der Waals surface area (Å²) in [5, 5.41) is 26.1. The van der Waals surface area contributed by atoms with Gasteiger partial charge in [0.2, 0.25) is 15.9 Å². The van der Waals surface area contributed by atoms with Crippen molar-refractivity contribution in [1.82, 2.24) is 4.57 Å². The summed E-state index contributed by atoms with van der Waals surface area (Å²) in [6.07, 6.45) is 1.85. The van der Waals surface area contributed by atoms with Crippen LogP contribution in [-0.4, -0.2) is 48.4 Å². The van der Waals surface area contributed by atoms with Crippen molar-refractivity contribution in [2.75, 3.05) is 29.0 Å². The predicted octanol–water partition coefficient (Wildman–Crippen LogP) is 5.15. The van der Waals surface area contributed by atoms with E-state index in [4.69, 9.17) is 4.52 Å². The number of aromatic hydroxyl groups is 2. The Kier molecular flexibility index (Phi) is 8.10. The highest BCUT2D eigenvalue weighted by molar-refractivity contribution is 7.92. The molecular formula is C26H41N4O6PS. The summed E-state index contributed by atoms with van der Waals surface area (Å²) in [6, 6.07) is 4.71. The number of anilines is 2. The van der Waals surface area contributed by atoms with Crippen molar-refractivity contribution in [3.05, 3.63) is 29.5 Å². The minimum atomic E-state index is -3.91. The molecule has 1 unspecified atom stereocenters. The third-order valence-electron chi connectivity index (χ3n) is 6.29. The van der Waals surface area contributed by atoms with Crippen LogP contribution in [0.4, 0.5) is 11.4 Å². The van der Waals surface area contributed by atoms with Crippen LogP contribution in [0.25, 0.3) is 0 Å². The second kappa shape index (κ2) is 10.2. The van der Waals surface area contributed by atoms with Crippen molar-refractivity contribution in [3.8, 4) is 11.6 Å². The van der Waals surface area contributed by atoms with Crippen molar-refractivity contribution < 1.29 is 27.7 Å². The van der Waals surface area contributed by atoms with E-state index in [2.05, 4.69) is 30.9 Å². The van der Waals surface area contributed by atoms with Gasteiger partial charge in [-0.05, 0) is 43.9 Å². The first-order chi connectivity index (χ1) is 17.3. The fourth-order valence-electron chi connectivity index (χ4n) is 4.58. The largest absolute Gasteiger partial charge is 0.505 e. The van der Waals surface area contributed by atoms with Crippen molar-refractivity contribution in [2.45, 2.75) is 73.8 Å². The maximum absolute atomic E-state index is 14.1. The van der Waals surface area contributed by atoms with E-state index in [-0.39, 0.29) is 46.9 Å². The summed E-state index contributed by atoms with van der Waals surface area (Å²) in [7, 11) is -7.47. The Morgan fingerprint density at radius 3 is 2.26 bits per heavy atom. The van der Waals surface area contributed by atoms with Crippen LogP contribution in [0.15, 0.2) is 23.0 Å². The molecule has 1 aliphatic heterocycles. The first-order valence-corrected chi connectivity index (χ1v) is 16.2. The number of rotatable bonds is 8. The summed E-state index contributed by atoms with van der Waals surface area (Å²) in [5.74, 6) is -0.305. The molecule has 212 valence electrons. The highest BCUT2D eigenvalue weighted by atomic mass is 32.2. The molecular weight excluding hydrogens is 527 g/mol. The van der Waals surface area contributed by atoms with Crippen LogP contribution in [0.5, 0.6) is 11.6 Å². The van der Waals surface area contributed by atoms with Crippen LogP contribution in [-0.2, 0) is 31.1 Å². The van der Waals surface area contributed by atoms with E-state index in [1.807, 2.05) is 20.8 Å². The van der Waals surface area contributed by atoms with E-state index in [0.29, 0.717) is 23.6 Å². The molecule has 0 radical (unpaired) electrons. The topological polar surface area (TPSA) is 133 Å². The molecule has 12 heteroatoms. The van der Waals surface area contributed by atoms with Gasteiger partial charge in [-0.3, -0.25) is 8.87 Å². The van der Waals surface area contributed by atoms with Gasteiger partial charge in [-0.25, -0.2) is 8.42 Å². The first-order valence-electron chi connectivity index (χ1n) is 12.7. The van der Waals surface area contributed by atoms with E-state index in [1.54, 1.807) is 30.5 Å². The number of aromatic nitrogens is 1. The van der Waals surface area contributed by atoms with Gasteiger partial charge in [0.25, 0.3) is 0 Å². The SMILES string of the molecule is CCOP1(=O)N=C(c2c(O)c(C(C)(C)C)n(CCC(C)(C)C)c2O)Nc2ccc(N(CC)S(C)(=O)=O)cc21. The van der Waals surface area contributed by atoms with Crippen LogP contribution in [0.3, 0.4) is 0 Å². The smallest absolute Gasteiger partial charge is 0.348 e. The average molecular weight is 569 g/mol. The lowest BCUT2D eigenvalue weighted by Crippen LogP contribution is -2.31. The van der Waals surface area contributed by atoms with Crippen molar-refractivity contribution in [3.63, 3.8) is 0 Å². The fourth-order valence-corrected chi connectivity index (χ4v) is 7.35. The van der Waals surface area contributed by atoms with Gasteiger partial charge in [-0.15, -0.1) is 0 Å². The van der Waals surface area contributed by atoms with Gasteiger partial charge in [0.1, 0.15) is 5.56 Å². The van der Waals surface area contributed by atoms with Gasteiger partial charge >= 0.3 is 7.52 Å². The number of fused-ring (bicyclic) bond motifs is 1. The normalized spacial score (nSPS) is 18.1. The van der Waals surface area contributed by atoms with Crippen LogP contribution < -0.4 is 14.9 Å². The first kappa shape index (κ1) is 30.1. The van der Waals surface area contributed by atoms with Crippen LogP contribution >= 0.6 is 7.52 Å². The lowest BCUT2D eigenvalue weighted by Gasteiger charge is -2.27. The number of nitrogens with one attached hydrogen (secondary N) is 1. The maximum Gasteiger partial charge on any atom is 0.348 e. The van der Waals surface area contributed by atoms with Gasteiger partial charge in [-0.1, -0.05) is 41.5 Å². The third-order valence-corrected chi connectivity index (χ3v) is 9.61. The number of sulfonamides is 1. The van der Waals surface area contributed by atoms with E-state index in [0.717, 1.165) is 12.7 Å². The Balaban J connectivity index is 2.22. The number of benzene rings is 1. The Bertz CT molecular complexity index is 1400. The lowest BCUT2D eigenvalue weighted by molar-refractivity contribution is 0.319. The van der Waals surface area contributed by atoms with Crippen LogP contribution in [0, 0.1) is 5.41 Å². The van der Waals surface area contributed by atoms with Crippen molar-refractivity contribution in [2.24, 2.45) is 10.2 Å². The lowest BCUT2D eigenvalue weighted by atomic mass is 9.89. The number of hydrogen-bond acceptors (Lipinski definition) is 7. The molecule has 0 saturated carbocycles. The summed E-state index contributed by atoms with van der Waals surface area (Å²) >= 11 is 0. The molecule has 2 heterocycles. The zero-order valence-electron chi connectivity index (χ0n) is 23.8. The van der Waals surface area contributed by atoms with Gasteiger partial charge in [0.15, 0.2) is 11.6 Å². The summed E-state index contributed by atoms with van der Waals surface area (Å²) in [6.45, 7) is 16.3. The molecule has 3 rings (SSSR count). The van der Waals surface area contributed by atoms with Crippen molar-refractivity contribution in [1.29, 1.82) is 0 Å². The molecule has 1 aromatic carbocycles. The zero-order chi connectivity index (χ0) is 28.8. The molecule has 0 aliphatic carbocycles. The summed E-state index contributed by atoms with van der Waals surface area (Å²) in [5.41, 5.74) is 0.782. The predicted molar refractivity (Wildman–Crippen MR) is 154 cm³/mol. The second-order valence-electron chi connectivity index (χ2n) is 11.7. The van der Waals surface area contributed by atoms with Gasteiger partial charge in [0.05, 0.1) is 35.2 Å². The number of hydrogen-bond donors (Lipinski definition) is 3. The minimum Gasteiger partial charge on any atom is -0.505 e. The van der Waals surface area contributed by atoms with E-state index in [1.165, 1.54) is 10.4 Å². The second-order valence-corrected chi connectivity index (χ2v) is 15.6. The van der Waals surface area contributed by atoms with Crippen LogP contribution in [0.2, 0.25) is 0 Å². The molecule has 38 heavy (non-hydrogen) atoms. The molecule has 1 aromatic heterocycles. The molecule has 1 atom stereocenters. The quantitative estimate of drug-likeness (QED) is 0.375. The van der Waals surface area contributed by atoms with E-state index >= 15 is 0 Å². The highest BCUT2D eigenvalue weighted by Gasteiger charge is 2.39. The Labute approximate surface area is 226 Å². The molecule has 0 bridgehead atoms.